The Labute approximate surface area is 140 Å². The van der Waals surface area contributed by atoms with E-state index in [2.05, 4.69) is 10.6 Å². The molecule has 0 atom stereocenters. The first-order valence-corrected chi connectivity index (χ1v) is 8.01. The normalized spacial score (nSPS) is 13.4. The topological polar surface area (TPSA) is 58.2 Å². The summed E-state index contributed by atoms with van der Waals surface area (Å²) in [5.74, 6) is -0.311. The molecule has 0 heterocycles. The van der Waals surface area contributed by atoms with Crippen LogP contribution >= 0.6 is 0 Å². The van der Waals surface area contributed by atoms with Gasteiger partial charge in [-0.05, 0) is 48.2 Å². The number of hydrogen-bond acceptors (Lipinski definition) is 2. The van der Waals surface area contributed by atoms with Crippen LogP contribution in [0.2, 0.25) is 0 Å². The molecule has 24 heavy (non-hydrogen) atoms. The number of benzene rings is 2. The van der Waals surface area contributed by atoms with Crippen molar-refractivity contribution in [1.82, 2.24) is 5.32 Å². The van der Waals surface area contributed by atoms with Crippen molar-refractivity contribution < 1.29 is 14.0 Å². The van der Waals surface area contributed by atoms with Crippen LogP contribution in [0.25, 0.3) is 0 Å². The standard InChI is InChI=1S/C19H19FN2O2/c20-16-5-1-3-13(9-16)11-18(23)21-12-14-4-2-6-17(10-14)22-19(24)15-7-8-15/h1-6,9-10,15H,7-8,11-12H2,(H,21,23)(H,22,24). The van der Waals surface area contributed by atoms with Crippen molar-refractivity contribution in [2.24, 2.45) is 5.92 Å². The first-order valence-electron chi connectivity index (χ1n) is 8.01. The molecule has 1 fully saturated rings. The molecule has 0 spiro atoms. The molecule has 2 aromatic carbocycles. The van der Waals surface area contributed by atoms with Gasteiger partial charge in [0.1, 0.15) is 5.82 Å². The third kappa shape index (κ3) is 4.65. The van der Waals surface area contributed by atoms with E-state index in [4.69, 9.17) is 0 Å². The van der Waals surface area contributed by atoms with Crippen LogP contribution in [0.1, 0.15) is 24.0 Å². The van der Waals surface area contributed by atoms with Gasteiger partial charge in [-0.3, -0.25) is 9.59 Å². The molecule has 5 heteroatoms. The second-order valence-corrected chi connectivity index (χ2v) is 6.05. The van der Waals surface area contributed by atoms with Gasteiger partial charge in [-0.25, -0.2) is 4.39 Å². The van der Waals surface area contributed by atoms with Gasteiger partial charge >= 0.3 is 0 Å². The van der Waals surface area contributed by atoms with Crippen LogP contribution in [0.4, 0.5) is 10.1 Å². The monoisotopic (exact) mass is 326 g/mol. The van der Waals surface area contributed by atoms with E-state index in [1.807, 2.05) is 24.3 Å². The first-order chi connectivity index (χ1) is 11.6. The maximum absolute atomic E-state index is 13.1. The van der Waals surface area contributed by atoms with Crippen LogP contribution in [-0.4, -0.2) is 11.8 Å². The highest BCUT2D eigenvalue weighted by molar-refractivity contribution is 5.94. The molecular weight excluding hydrogens is 307 g/mol. The zero-order valence-electron chi connectivity index (χ0n) is 13.2. The molecule has 0 saturated heterocycles. The summed E-state index contributed by atoms with van der Waals surface area (Å²) in [6.07, 6.45) is 2.05. The summed E-state index contributed by atoms with van der Waals surface area (Å²) in [6.45, 7) is 0.362. The van der Waals surface area contributed by atoms with Crippen molar-refractivity contribution in [3.05, 3.63) is 65.5 Å². The SMILES string of the molecule is O=C(Cc1cccc(F)c1)NCc1cccc(NC(=O)C2CC2)c1. The summed E-state index contributed by atoms with van der Waals surface area (Å²) in [5, 5.41) is 5.69. The van der Waals surface area contributed by atoms with Crippen molar-refractivity contribution >= 4 is 17.5 Å². The Kier molecular flexibility index (Phi) is 4.89. The van der Waals surface area contributed by atoms with Gasteiger partial charge in [-0.15, -0.1) is 0 Å². The molecule has 3 rings (SSSR count). The predicted molar refractivity (Wildman–Crippen MR) is 89.7 cm³/mol. The van der Waals surface area contributed by atoms with Crippen LogP contribution in [-0.2, 0) is 22.6 Å². The Morgan fingerprint density at radius 1 is 1.04 bits per heavy atom. The molecule has 0 aliphatic heterocycles. The molecule has 0 unspecified atom stereocenters. The minimum atomic E-state index is -0.348. The highest BCUT2D eigenvalue weighted by Crippen LogP contribution is 2.30. The number of nitrogens with one attached hydrogen (secondary N) is 2. The lowest BCUT2D eigenvalue weighted by molar-refractivity contribution is -0.120. The van der Waals surface area contributed by atoms with Crippen LogP contribution in [0.3, 0.4) is 0 Å². The summed E-state index contributed by atoms with van der Waals surface area (Å²) in [7, 11) is 0. The van der Waals surface area contributed by atoms with Crippen molar-refractivity contribution in [3.8, 4) is 0 Å². The fourth-order valence-electron chi connectivity index (χ4n) is 2.44. The van der Waals surface area contributed by atoms with Crippen molar-refractivity contribution in [2.45, 2.75) is 25.8 Å². The fraction of sp³-hybridized carbons (Fsp3) is 0.263. The van der Waals surface area contributed by atoms with Gasteiger partial charge in [-0.2, -0.15) is 0 Å². The summed E-state index contributed by atoms with van der Waals surface area (Å²) in [5.41, 5.74) is 2.28. The second-order valence-electron chi connectivity index (χ2n) is 6.05. The number of anilines is 1. The molecule has 1 aliphatic carbocycles. The molecule has 124 valence electrons. The van der Waals surface area contributed by atoms with Gasteiger partial charge in [0, 0.05) is 18.2 Å². The van der Waals surface area contributed by atoms with E-state index in [1.54, 1.807) is 12.1 Å². The molecule has 1 saturated carbocycles. The minimum Gasteiger partial charge on any atom is -0.352 e. The predicted octanol–water partition coefficient (Wildman–Crippen LogP) is 3.03. The molecule has 2 aromatic rings. The van der Waals surface area contributed by atoms with Gasteiger partial charge in [-0.1, -0.05) is 24.3 Å². The highest BCUT2D eigenvalue weighted by atomic mass is 19.1. The average molecular weight is 326 g/mol. The van der Waals surface area contributed by atoms with Gasteiger partial charge in [0.25, 0.3) is 0 Å². The molecule has 2 N–H and O–H groups in total. The molecule has 0 aromatic heterocycles. The van der Waals surface area contributed by atoms with Gasteiger partial charge in [0.15, 0.2) is 0 Å². The zero-order valence-corrected chi connectivity index (χ0v) is 13.2. The highest BCUT2D eigenvalue weighted by Gasteiger charge is 2.29. The Bertz CT molecular complexity index is 757. The minimum absolute atomic E-state index is 0.0577. The van der Waals surface area contributed by atoms with Crippen LogP contribution in [0.5, 0.6) is 0 Å². The van der Waals surface area contributed by atoms with Gasteiger partial charge < -0.3 is 10.6 Å². The van der Waals surface area contributed by atoms with E-state index < -0.39 is 0 Å². The number of halogens is 1. The third-order valence-corrected chi connectivity index (χ3v) is 3.89. The molecule has 0 radical (unpaired) electrons. The molecule has 1 aliphatic rings. The van der Waals surface area contributed by atoms with E-state index in [9.17, 15) is 14.0 Å². The number of carbonyl (C=O) groups is 2. The lowest BCUT2D eigenvalue weighted by Gasteiger charge is -2.09. The molecule has 4 nitrogen and oxygen atoms in total. The quantitative estimate of drug-likeness (QED) is 0.857. The maximum Gasteiger partial charge on any atom is 0.227 e. The number of carbonyl (C=O) groups excluding carboxylic acids is 2. The Hall–Kier alpha value is -2.69. The molecule has 0 bridgehead atoms. The van der Waals surface area contributed by atoms with E-state index >= 15 is 0 Å². The first kappa shape index (κ1) is 16.2. The summed E-state index contributed by atoms with van der Waals surface area (Å²) in [6, 6.07) is 13.4. The number of amides is 2. The van der Waals surface area contributed by atoms with E-state index in [-0.39, 0.29) is 30.0 Å². The van der Waals surface area contributed by atoms with Crippen LogP contribution in [0, 0.1) is 11.7 Å². The fourth-order valence-corrected chi connectivity index (χ4v) is 2.44. The van der Waals surface area contributed by atoms with Crippen molar-refractivity contribution in [1.29, 1.82) is 0 Å². The van der Waals surface area contributed by atoms with Crippen molar-refractivity contribution in [2.75, 3.05) is 5.32 Å². The lowest BCUT2D eigenvalue weighted by Crippen LogP contribution is -2.24. The summed E-state index contributed by atoms with van der Waals surface area (Å²) in [4.78, 5) is 23.7. The maximum atomic E-state index is 13.1. The smallest absolute Gasteiger partial charge is 0.227 e. The van der Waals surface area contributed by atoms with E-state index in [0.717, 1.165) is 24.1 Å². The Morgan fingerprint density at radius 2 is 1.79 bits per heavy atom. The summed E-state index contributed by atoms with van der Waals surface area (Å²) >= 11 is 0. The zero-order chi connectivity index (χ0) is 16.9. The van der Waals surface area contributed by atoms with Crippen LogP contribution in [0.15, 0.2) is 48.5 Å². The molecule has 2 amide bonds. The largest absolute Gasteiger partial charge is 0.352 e. The van der Waals surface area contributed by atoms with Gasteiger partial charge in [0.05, 0.1) is 6.42 Å². The lowest BCUT2D eigenvalue weighted by atomic mass is 10.1. The Morgan fingerprint density at radius 3 is 2.54 bits per heavy atom. The third-order valence-electron chi connectivity index (χ3n) is 3.89. The van der Waals surface area contributed by atoms with Crippen molar-refractivity contribution in [3.63, 3.8) is 0 Å². The van der Waals surface area contributed by atoms with Gasteiger partial charge in [0.2, 0.25) is 11.8 Å². The Balaban J connectivity index is 1.52. The number of hydrogen-bond donors (Lipinski definition) is 2. The second kappa shape index (κ2) is 7.25. The molecular formula is C19H19FN2O2. The summed E-state index contributed by atoms with van der Waals surface area (Å²) < 4.78 is 13.1. The van der Waals surface area contributed by atoms with Crippen LogP contribution < -0.4 is 10.6 Å². The number of rotatable bonds is 6. The van der Waals surface area contributed by atoms with E-state index in [0.29, 0.717) is 12.1 Å². The van der Waals surface area contributed by atoms with E-state index in [1.165, 1.54) is 12.1 Å². The average Bonchev–Trinajstić information content (AvgIpc) is 3.38.